The molecule has 0 unspecified atom stereocenters. The Kier molecular flexibility index (Phi) is 14.0. The zero-order chi connectivity index (χ0) is 20.9. The minimum Gasteiger partial charge on any atom is -0.385 e. The van der Waals surface area contributed by atoms with Gasteiger partial charge in [-0.2, -0.15) is 0 Å². The Labute approximate surface area is 199 Å². The Bertz CT molecular complexity index is 592. The van der Waals surface area contributed by atoms with Gasteiger partial charge in [0.15, 0.2) is 5.96 Å². The van der Waals surface area contributed by atoms with Crippen molar-refractivity contribution >= 4 is 35.8 Å². The summed E-state index contributed by atoms with van der Waals surface area (Å²) in [5.41, 5.74) is 1.12. The Hall–Kier alpha value is -1.17. The van der Waals surface area contributed by atoms with Crippen LogP contribution in [0.1, 0.15) is 18.9 Å². The predicted molar refractivity (Wildman–Crippen MR) is 136 cm³/mol. The maximum absolute atomic E-state index is 5.11. The SMILES string of the molecule is CCNC(=NCc1ccc(N2CCN(C)CC2)nc1)NCCN(C)CCCOC.I. The maximum Gasteiger partial charge on any atom is 0.191 e. The Morgan fingerprint density at radius 1 is 1.20 bits per heavy atom. The average molecular weight is 534 g/mol. The molecule has 2 N–H and O–H groups in total. The Morgan fingerprint density at radius 3 is 2.60 bits per heavy atom. The third kappa shape index (κ3) is 10.2. The number of aromatic nitrogens is 1. The fourth-order valence-corrected chi connectivity index (χ4v) is 3.20. The molecule has 1 fully saturated rings. The zero-order valence-electron chi connectivity index (χ0n) is 19.1. The number of piperazine rings is 1. The van der Waals surface area contributed by atoms with Gasteiger partial charge in [-0.05, 0) is 39.1 Å². The summed E-state index contributed by atoms with van der Waals surface area (Å²) in [6.07, 6.45) is 3.00. The van der Waals surface area contributed by atoms with E-state index in [9.17, 15) is 0 Å². The van der Waals surface area contributed by atoms with E-state index in [4.69, 9.17) is 9.73 Å². The van der Waals surface area contributed by atoms with Crippen LogP contribution in [0, 0.1) is 0 Å². The van der Waals surface area contributed by atoms with Crippen LogP contribution >= 0.6 is 24.0 Å². The molecule has 0 aliphatic carbocycles. The number of nitrogens with zero attached hydrogens (tertiary/aromatic N) is 5. The van der Waals surface area contributed by atoms with Crippen molar-refractivity contribution in [3.05, 3.63) is 23.9 Å². The van der Waals surface area contributed by atoms with Gasteiger partial charge in [0.1, 0.15) is 5.82 Å². The molecule has 1 aliphatic heterocycles. The minimum absolute atomic E-state index is 0. The molecule has 0 amide bonds. The molecule has 172 valence electrons. The molecule has 0 saturated carbocycles. The van der Waals surface area contributed by atoms with Gasteiger partial charge in [-0.1, -0.05) is 6.07 Å². The molecule has 9 heteroatoms. The molecule has 1 aromatic heterocycles. The molecule has 30 heavy (non-hydrogen) atoms. The molecule has 2 rings (SSSR count). The lowest BCUT2D eigenvalue weighted by Gasteiger charge is -2.33. The van der Waals surface area contributed by atoms with Crippen molar-refractivity contribution in [3.8, 4) is 0 Å². The van der Waals surface area contributed by atoms with Crippen LogP contribution in [0.15, 0.2) is 23.3 Å². The molecular formula is C21H40IN7O. The van der Waals surface area contributed by atoms with Gasteiger partial charge in [0.2, 0.25) is 0 Å². The molecule has 0 bridgehead atoms. The lowest BCUT2D eigenvalue weighted by atomic mass is 10.2. The lowest BCUT2D eigenvalue weighted by Crippen LogP contribution is -2.44. The largest absolute Gasteiger partial charge is 0.385 e. The first-order valence-corrected chi connectivity index (χ1v) is 10.7. The molecule has 0 spiro atoms. The maximum atomic E-state index is 5.11. The van der Waals surface area contributed by atoms with Crippen molar-refractivity contribution in [1.29, 1.82) is 0 Å². The Morgan fingerprint density at radius 2 is 1.97 bits per heavy atom. The number of hydrogen-bond acceptors (Lipinski definition) is 6. The molecule has 0 radical (unpaired) electrons. The van der Waals surface area contributed by atoms with Crippen LogP contribution in [0.3, 0.4) is 0 Å². The zero-order valence-corrected chi connectivity index (χ0v) is 21.4. The van der Waals surface area contributed by atoms with Gasteiger partial charge in [-0.15, -0.1) is 24.0 Å². The summed E-state index contributed by atoms with van der Waals surface area (Å²) in [4.78, 5) is 16.4. The number of likely N-dealkylation sites (N-methyl/N-ethyl adjacent to an activating group) is 2. The first-order chi connectivity index (χ1) is 14.1. The molecule has 0 aromatic carbocycles. The number of ether oxygens (including phenoxy) is 1. The summed E-state index contributed by atoms with van der Waals surface area (Å²) in [6.45, 7) is 11.5. The quantitative estimate of drug-likeness (QED) is 0.193. The standard InChI is InChI=1S/C21H39N7O.HI/c1-5-22-21(23-9-11-26(2)10-6-16-29-4)25-18-19-7-8-20(24-17-19)28-14-12-27(3)13-15-28;/h7-8,17H,5-6,9-16,18H2,1-4H3,(H2,22,23,25);1H. The van der Waals surface area contributed by atoms with Crippen LogP contribution in [-0.4, -0.2) is 101 Å². The molecule has 1 aromatic rings. The summed E-state index contributed by atoms with van der Waals surface area (Å²) in [7, 11) is 6.05. The van der Waals surface area contributed by atoms with E-state index in [0.29, 0.717) is 6.54 Å². The molecule has 1 saturated heterocycles. The highest BCUT2D eigenvalue weighted by Gasteiger charge is 2.14. The smallest absolute Gasteiger partial charge is 0.191 e. The van der Waals surface area contributed by atoms with Crippen molar-refractivity contribution < 1.29 is 4.74 Å². The first-order valence-electron chi connectivity index (χ1n) is 10.7. The summed E-state index contributed by atoms with van der Waals surface area (Å²) in [5, 5.41) is 6.73. The molecule has 0 atom stereocenters. The lowest BCUT2D eigenvalue weighted by molar-refractivity contribution is 0.180. The van der Waals surface area contributed by atoms with Crippen molar-refractivity contribution in [3.63, 3.8) is 0 Å². The number of pyridine rings is 1. The fourth-order valence-electron chi connectivity index (χ4n) is 3.20. The van der Waals surface area contributed by atoms with Crippen LogP contribution in [0.4, 0.5) is 5.82 Å². The highest BCUT2D eigenvalue weighted by Crippen LogP contribution is 2.14. The van der Waals surface area contributed by atoms with Crippen LogP contribution in [0.5, 0.6) is 0 Å². The van der Waals surface area contributed by atoms with Gasteiger partial charge in [-0.3, -0.25) is 0 Å². The van der Waals surface area contributed by atoms with E-state index in [1.54, 1.807) is 7.11 Å². The second kappa shape index (κ2) is 15.6. The van der Waals surface area contributed by atoms with Gasteiger partial charge in [0.05, 0.1) is 6.54 Å². The van der Waals surface area contributed by atoms with Crippen molar-refractivity contribution in [1.82, 2.24) is 25.4 Å². The predicted octanol–water partition coefficient (Wildman–Crippen LogP) is 1.47. The number of nitrogens with one attached hydrogen (secondary N) is 2. The highest BCUT2D eigenvalue weighted by molar-refractivity contribution is 14.0. The van der Waals surface area contributed by atoms with E-state index in [1.807, 2.05) is 6.20 Å². The second-order valence-corrected chi connectivity index (χ2v) is 7.59. The molecule has 8 nitrogen and oxygen atoms in total. The van der Waals surface area contributed by atoms with Crippen molar-refractivity contribution in [2.45, 2.75) is 19.9 Å². The van der Waals surface area contributed by atoms with E-state index in [2.05, 4.69) is 63.5 Å². The van der Waals surface area contributed by atoms with Crippen LogP contribution in [-0.2, 0) is 11.3 Å². The van der Waals surface area contributed by atoms with E-state index in [-0.39, 0.29) is 24.0 Å². The van der Waals surface area contributed by atoms with E-state index in [0.717, 1.165) is 82.7 Å². The number of hydrogen-bond donors (Lipinski definition) is 2. The van der Waals surface area contributed by atoms with Crippen LogP contribution < -0.4 is 15.5 Å². The number of methoxy groups -OCH3 is 1. The number of aliphatic imine (C=N–C) groups is 1. The van der Waals surface area contributed by atoms with E-state index < -0.39 is 0 Å². The number of anilines is 1. The monoisotopic (exact) mass is 533 g/mol. The first kappa shape index (κ1) is 26.9. The van der Waals surface area contributed by atoms with Gasteiger partial charge in [-0.25, -0.2) is 9.98 Å². The highest BCUT2D eigenvalue weighted by atomic mass is 127. The van der Waals surface area contributed by atoms with E-state index >= 15 is 0 Å². The topological polar surface area (TPSA) is 68.3 Å². The third-order valence-corrected chi connectivity index (χ3v) is 5.07. The summed E-state index contributed by atoms with van der Waals surface area (Å²) in [6, 6.07) is 4.25. The van der Waals surface area contributed by atoms with Gasteiger partial charge < -0.3 is 30.1 Å². The number of halogens is 1. The van der Waals surface area contributed by atoms with Crippen molar-refractivity contribution in [2.24, 2.45) is 4.99 Å². The third-order valence-electron chi connectivity index (χ3n) is 5.07. The van der Waals surface area contributed by atoms with E-state index in [1.165, 1.54) is 0 Å². The Balaban J connectivity index is 0.00000450. The van der Waals surface area contributed by atoms with Crippen molar-refractivity contribution in [2.75, 3.05) is 85.1 Å². The molecule has 1 aliphatic rings. The number of rotatable bonds is 11. The summed E-state index contributed by atoms with van der Waals surface area (Å²) >= 11 is 0. The van der Waals surface area contributed by atoms with Crippen LogP contribution in [0.25, 0.3) is 0 Å². The van der Waals surface area contributed by atoms with Crippen LogP contribution in [0.2, 0.25) is 0 Å². The second-order valence-electron chi connectivity index (χ2n) is 7.59. The fraction of sp³-hybridized carbons (Fsp3) is 0.714. The molecular weight excluding hydrogens is 493 g/mol. The van der Waals surface area contributed by atoms with Gasteiger partial charge >= 0.3 is 0 Å². The normalized spacial score (nSPS) is 15.2. The molecule has 2 heterocycles. The average Bonchev–Trinajstić information content (AvgIpc) is 2.73. The minimum atomic E-state index is 0. The number of guanidine groups is 1. The van der Waals surface area contributed by atoms with Gasteiger partial charge in [0, 0.05) is 72.3 Å². The summed E-state index contributed by atoms with van der Waals surface area (Å²) < 4.78 is 5.11. The summed E-state index contributed by atoms with van der Waals surface area (Å²) in [5.74, 6) is 1.91. The van der Waals surface area contributed by atoms with Gasteiger partial charge in [0.25, 0.3) is 0 Å².